The minimum atomic E-state index is -2.22. The summed E-state index contributed by atoms with van der Waals surface area (Å²) in [5, 5.41) is 290. The molecule has 3 saturated heterocycles. The molecule has 0 unspecified atom stereocenters. The fourth-order valence-corrected chi connectivity index (χ4v) is 15.4. The SMILES string of the molecule is COc1ccc(CCC(=O)c2c(O)cc(O[C@@H]3O[C@H](CO)[C@@H](O)[C@H](O)[C@H]3O[C@@H]3O[C@@H](C)[C@H](C)[C@@H](O)[C@H]3O)cc2O)cc1O.O=C(O[C@@H]1O[C@@H]2COC(=O)c3cc(O)c(O)c(O)c3-c3c(cc(O)c(O)c3O)C(=O)O[C@H]([C@H]1O)[C@@H]2O)c1cc(O)c(O)c(O)c1.O=c1c(O)c(-c2ccc(O)c(O)c2)oc2cc(O)cc(O)c12.O=c1cc(-c2ccccc2)oc2cc(O)cc(O)c12.Oc1ccc(/C=C/c2cc(O)cc(O)c2)cc1. The highest BCUT2D eigenvalue weighted by atomic mass is 16.8. The molecule has 0 saturated carbocycles. The Morgan fingerprint density at radius 2 is 1.01 bits per heavy atom. The molecular formula is C100H92O46. The summed E-state index contributed by atoms with van der Waals surface area (Å²) in [6, 6.07) is 38.8. The number of rotatable bonds is 16. The van der Waals surface area contributed by atoms with Crippen molar-refractivity contribution in [2.45, 2.75) is 113 Å². The van der Waals surface area contributed by atoms with Crippen molar-refractivity contribution in [1.82, 2.24) is 0 Å². The number of phenols is 21. The van der Waals surface area contributed by atoms with Crippen LogP contribution in [-0.2, 0) is 39.6 Å². The molecule has 0 amide bonds. The molecular weight excluding hydrogens is 1940 g/mol. The first-order chi connectivity index (χ1) is 69.1. The number of carbonyl (C=O) groups excluding carboxylic acids is 4. The number of ketones is 1. The minimum absolute atomic E-state index is 0.0235. The monoisotopic (exact) mass is 2030 g/mol. The second-order valence-corrected chi connectivity index (χ2v) is 33.1. The third kappa shape index (κ3) is 23.1. The van der Waals surface area contributed by atoms with E-state index in [0.29, 0.717) is 41.2 Å². The molecule has 146 heavy (non-hydrogen) atoms. The van der Waals surface area contributed by atoms with Crippen molar-refractivity contribution >= 4 is 57.8 Å². The summed E-state index contributed by atoms with van der Waals surface area (Å²) in [6.45, 7) is 1.67. The zero-order chi connectivity index (χ0) is 106. The van der Waals surface area contributed by atoms with E-state index in [1.54, 1.807) is 68.5 Å². The summed E-state index contributed by atoms with van der Waals surface area (Å²) in [5.74, 6) is -19.3. The summed E-state index contributed by atoms with van der Waals surface area (Å²) in [4.78, 5) is 76.4. The number of esters is 3. The van der Waals surface area contributed by atoms with Crippen molar-refractivity contribution in [1.29, 1.82) is 0 Å². The molecule has 0 radical (unpaired) electrons. The van der Waals surface area contributed by atoms with Crippen LogP contribution in [0.15, 0.2) is 194 Å². The smallest absolute Gasteiger partial charge is 0.340 e. The standard InChI is InChI=1S/C29H38O14.C27H22O18.C15H10O7.C15H10O4.C14H12O3/c1-12-13(2)40-28(26(38)23(12)35)43-27-25(37)24(36)21(11-30)42-29(27)41-15-9-18(33)22(19(34)10-15)16(31)6-4-14-5-7-20(39-3)17(32)8-14;28-9-1-6(2-10(29)16(9)32)24(39)45-27-22(38)23-19(35)13(43-27)5-42-25(40)7-3-11(30)17(33)20(36)14(7)15-8(26(41)44-23)4-12(31)18(34)21(15)37;16-7-4-10(19)12-11(5-7)22-15(14(21)13(12)20)6-1-2-8(17)9(18)3-6;16-10-6-11(17)15-12(18)8-13(19-14(15)7-10)9-4-2-1-3-5-9;15-12-5-3-10(4-6-12)1-2-11-7-13(16)9-14(17)8-11/h5,7-10,12-13,21,23-30,32-38H,4,6,11H2,1-3H3;1-4,13,19,22-23,27-38H,5H2;1-5,16-19,21H;1-8,16-17H;1-9,15-17H/b;;;;2-1+/t12-,13-,21+,23+,24+,25-,26+,27+,28-,29+;13-,19-,22-,23+,27+;;;/m01.../s1. The lowest BCUT2D eigenvalue weighted by atomic mass is 9.91. The topological polar surface area (TPSA) is 798 Å². The summed E-state index contributed by atoms with van der Waals surface area (Å²) >= 11 is 0. The van der Waals surface area contributed by atoms with Crippen molar-refractivity contribution in [2.24, 2.45) is 5.92 Å². The summed E-state index contributed by atoms with van der Waals surface area (Å²) in [5.41, 5.74) is -2.58. The van der Waals surface area contributed by atoms with Gasteiger partial charge >= 0.3 is 17.9 Å². The van der Waals surface area contributed by atoms with Gasteiger partial charge in [-0.15, -0.1) is 0 Å². The molecule has 2 aromatic heterocycles. The molecule has 768 valence electrons. The van der Waals surface area contributed by atoms with E-state index in [2.05, 4.69) is 0 Å². The molecule has 0 spiro atoms. The van der Waals surface area contributed by atoms with Gasteiger partial charge in [0.1, 0.15) is 134 Å². The Balaban J connectivity index is 0.000000161. The zero-order valence-corrected chi connectivity index (χ0v) is 75.8. The van der Waals surface area contributed by atoms with E-state index in [9.17, 15) is 172 Å². The quantitative estimate of drug-likeness (QED) is 0.0147. The van der Waals surface area contributed by atoms with Gasteiger partial charge in [-0.25, -0.2) is 14.4 Å². The molecule has 3 fully saturated rings. The lowest BCUT2D eigenvalue weighted by Crippen LogP contribution is -2.63. The van der Waals surface area contributed by atoms with Gasteiger partial charge in [-0.3, -0.25) is 14.4 Å². The molecule has 17 rings (SSSR count). The minimum Gasteiger partial charge on any atom is -0.508 e. The maximum absolute atomic E-state index is 13.5. The van der Waals surface area contributed by atoms with Crippen LogP contribution < -0.4 is 20.3 Å². The number of benzene rings is 11. The predicted molar refractivity (Wildman–Crippen MR) is 499 cm³/mol. The van der Waals surface area contributed by atoms with Crippen LogP contribution in [0.4, 0.5) is 0 Å². The van der Waals surface area contributed by atoms with Gasteiger partial charge in [0.05, 0.1) is 42.6 Å². The van der Waals surface area contributed by atoms with Gasteiger partial charge in [0.25, 0.3) is 0 Å². The first-order valence-corrected chi connectivity index (χ1v) is 43.3. The lowest BCUT2D eigenvalue weighted by Gasteiger charge is -2.46. The number of phenolic OH excluding ortho intramolecular Hbond substituents is 21. The van der Waals surface area contributed by atoms with Crippen LogP contribution in [0, 0.1) is 5.92 Å². The number of fused-ring (bicyclic) bond motifs is 7. The number of aryl methyl sites for hydroxylation is 1. The van der Waals surface area contributed by atoms with Crippen molar-refractivity contribution < 1.29 is 219 Å². The predicted octanol–water partition coefficient (Wildman–Crippen LogP) is 7.47. The highest BCUT2D eigenvalue weighted by Crippen LogP contribution is 2.54. The number of hydrogen-bond acceptors (Lipinski definition) is 46. The number of carbonyl (C=O) groups is 4. The van der Waals surface area contributed by atoms with Gasteiger partial charge in [0, 0.05) is 83.1 Å². The first kappa shape index (κ1) is 106. The maximum atomic E-state index is 13.5. The maximum Gasteiger partial charge on any atom is 0.340 e. The highest BCUT2D eigenvalue weighted by molar-refractivity contribution is 6.09. The highest BCUT2D eigenvalue weighted by Gasteiger charge is 2.53. The van der Waals surface area contributed by atoms with Gasteiger partial charge in [-0.2, -0.15) is 0 Å². The van der Waals surface area contributed by atoms with Crippen molar-refractivity contribution in [2.75, 3.05) is 20.3 Å². The summed E-state index contributed by atoms with van der Waals surface area (Å²) in [7, 11) is 1.41. The van der Waals surface area contributed by atoms with Crippen LogP contribution in [0.3, 0.4) is 0 Å². The molecule has 29 N–H and O–H groups in total. The third-order valence-corrected chi connectivity index (χ3v) is 23.2. The van der Waals surface area contributed by atoms with E-state index >= 15 is 0 Å². The van der Waals surface area contributed by atoms with E-state index in [1.165, 1.54) is 37.4 Å². The summed E-state index contributed by atoms with van der Waals surface area (Å²) in [6.07, 6.45) is -19.1. The van der Waals surface area contributed by atoms with Gasteiger partial charge < -0.3 is 200 Å². The Labute approximate surface area is 819 Å². The van der Waals surface area contributed by atoms with Gasteiger partial charge in [0.2, 0.25) is 35.3 Å². The molecule has 46 heteroatoms. The molecule has 15 atom stereocenters. The van der Waals surface area contributed by atoms with E-state index in [4.69, 9.17) is 56.6 Å². The normalized spacial score (nSPS) is 21.0. The number of methoxy groups -OCH3 is 1. The van der Waals surface area contributed by atoms with E-state index < -0.39 is 243 Å². The van der Waals surface area contributed by atoms with Crippen molar-refractivity contribution in [3.63, 3.8) is 0 Å². The Hall–Kier alpha value is -17.6. The van der Waals surface area contributed by atoms with Crippen LogP contribution in [0.5, 0.6) is 138 Å². The fraction of sp³-hybridized carbons (Fsp3) is 0.220. The van der Waals surface area contributed by atoms with Crippen molar-refractivity contribution in [3.8, 4) is 172 Å². The number of ether oxygens (including phenoxy) is 9. The van der Waals surface area contributed by atoms with Gasteiger partial charge in [-0.1, -0.05) is 67.6 Å². The van der Waals surface area contributed by atoms with Gasteiger partial charge in [0.15, 0.2) is 105 Å². The van der Waals surface area contributed by atoms with Crippen LogP contribution in [0.1, 0.15) is 78.4 Å². The van der Waals surface area contributed by atoms with Gasteiger partial charge in [-0.05, 0) is 109 Å². The molecule has 4 aliphatic rings. The van der Waals surface area contributed by atoms with Crippen LogP contribution >= 0.6 is 0 Å². The molecule has 0 aliphatic carbocycles. The van der Waals surface area contributed by atoms with Crippen LogP contribution in [0.25, 0.3) is 67.9 Å². The molecule has 2 bridgehead atoms. The number of cyclic esters (lactones) is 1. The van der Waals surface area contributed by atoms with Crippen LogP contribution in [0.2, 0.25) is 0 Å². The Kier molecular flexibility index (Phi) is 32.1. The largest absolute Gasteiger partial charge is 0.508 e. The van der Waals surface area contributed by atoms with E-state index in [1.807, 2.05) is 36.4 Å². The van der Waals surface area contributed by atoms with Crippen molar-refractivity contribution in [3.05, 3.63) is 235 Å². The van der Waals surface area contributed by atoms with Crippen LogP contribution in [-0.4, -0.2) is 278 Å². The average molecular weight is 2030 g/mol. The first-order valence-electron chi connectivity index (χ1n) is 43.3. The number of aliphatic hydroxyl groups is 7. The van der Waals surface area contributed by atoms with E-state index in [0.717, 1.165) is 53.6 Å². The second kappa shape index (κ2) is 44.3. The number of aliphatic hydroxyl groups excluding tert-OH is 7. The van der Waals surface area contributed by atoms with E-state index in [-0.39, 0.29) is 115 Å². The average Bonchev–Trinajstić information content (AvgIpc) is 0.748. The molecule has 4 aliphatic heterocycles. The zero-order valence-electron chi connectivity index (χ0n) is 75.8. The Morgan fingerprint density at radius 1 is 0.438 bits per heavy atom. The molecule has 46 nitrogen and oxygen atoms in total. The molecule has 11 aromatic carbocycles. The molecule has 6 heterocycles. The lowest BCUT2D eigenvalue weighted by molar-refractivity contribution is -0.350. The third-order valence-electron chi connectivity index (χ3n) is 23.2. The molecule has 13 aromatic rings. The number of Topliss-reactive ketones (excluding diaryl/α,β-unsaturated/α-hetero) is 1. The number of hydrogen-bond donors (Lipinski definition) is 29. The Morgan fingerprint density at radius 3 is 1.60 bits per heavy atom. The second-order valence-electron chi connectivity index (χ2n) is 33.1. The summed E-state index contributed by atoms with van der Waals surface area (Å²) < 4.78 is 59.4. The Bertz CT molecular complexity index is 7180. The number of aromatic hydroxyl groups is 22. The fourth-order valence-electron chi connectivity index (χ4n) is 15.4.